The van der Waals surface area contributed by atoms with Gasteiger partial charge in [-0.05, 0) is 38.4 Å². The molecule has 31 heavy (non-hydrogen) atoms. The highest BCUT2D eigenvalue weighted by atomic mass is 28.3. The fourth-order valence-electron chi connectivity index (χ4n) is 3.01. The second kappa shape index (κ2) is 9.61. The quantitative estimate of drug-likeness (QED) is 0.375. The monoisotopic (exact) mass is 440 g/mol. The van der Waals surface area contributed by atoms with E-state index in [0.29, 0.717) is 41.7 Å². The van der Waals surface area contributed by atoms with Crippen molar-refractivity contribution in [1.29, 1.82) is 0 Å². The van der Waals surface area contributed by atoms with Gasteiger partial charge in [0.15, 0.2) is 5.65 Å². The van der Waals surface area contributed by atoms with Gasteiger partial charge < -0.3 is 19.4 Å². The van der Waals surface area contributed by atoms with E-state index in [9.17, 15) is 4.79 Å². The summed E-state index contributed by atoms with van der Waals surface area (Å²) in [5.74, 6) is 0.861. The SMILES string of the molecule is Cc1ccccc1Oc1cnc2c(n1)c(C(=O)NC(C)C)cn2COCC[Si](C)(C)C. The zero-order chi connectivity index (χ0) is 22.6. The Morgan fingerprint density at radius 3 is 2.65 bits per heavy atom. The van der Waals surface area contributed by atoms with Gasteiger partial charge in [-0.15, -0.1) is 0 Å². The molecule has 0 spiro atoms. The number of carbonyl (C=O) groups excluding carboxylic acids is 1. The largest absolute Gasteiger partial charge is 0.437 e. The van der Waals surface area contributed by atoms with Gasteiger partial charge in [-0.3, -0.25) is 4.79 Å². The summed E-state index contributed by atoms with van der Waals surface area (Å²) in [5.41, 5.74) is 2.55. The molecule has 0 unspecified atom stereocenters. The lowest BCUT2D eigenvalue weighted by molar-refractivity contribution is 0.0890. The molecule has 3 rings (SSSR count). The second-order valence-electron chi connectivity index (χ2n) is 9.24. The van der Waals surface area contributed by atoms with Gasteiger partial charge in [0, 0.05) is 26.9 Å². The number of aromatic nitrogens is 3. The molecule has 0 aliphatic heterocycles. The molecule has 1 aromatic carbocycles. The number of nitrogens with zero attached hydrogens (tertiary/aromatic N) is 3. The fourth-order valence-corrected chi connectivity index (χ4v) is 3.77. The Hall–Kier alpha value is -2.71. The van der Waals surface area contributed by atoms with Crippen molar-refractivity contribution in [3.05, 3.63) is 47.8 Å². The molecule has 1 amide bonds. The molecule has 8 heteroatoms. The Bertz CT molecular complexity index is 1060. The van der Waals surface area contributed by atoms with E-state index in [-0.39, 0.29) is 11.9 Å². The van der Waals surface area contributed by atoms with E-state index < -0.39 is 8.07 Å². The summed E-state index contributed by atoms with van der Waals surface area (Å²) in [6.07, 6.45) is 3.34. The predicted molar refractivity (Wildman–Crippen MR) is 125 cm³/mol. The zero-order valence-electron chi connectivity index (χ0n) is 19.2. The highest BCUT2D eigenvalue weighted by molar-refractivity contribution is 6.76. The van der Waals surface area contributed by atoms with Gasteiger partial charge in [-0.25, -0.2) is 9.97 Å². The van der Waals surface area contributed by atoms with E-state index >= 15 is 0 Å². The van der Waals surface area contributed by atoms with Crippen LogP contribution in [0.3, 0.4) is 0 Å². The van der Waals surface area contributed by atoms with E-state index in [1.165, 1.54) is 0 Å². The van der Waals surface area contributed by atoms with Crippen molar-refractivity contribution >= 4 is 25.1 Å². The zero-order valence-corrected chi connectivity index (χ0v) is 20.2. The van der Waals surface area contributed by atoms with Crippen molar-refractivity contribution in [3.8, 4) is 11.6 Å². The third-order valence-electron chi connectivity index (χ3n) is 4.74. The van der Waals surface area contributed by atoms with Crippen LogP contribution >= 0.6 is 0 Å². The van der Waals surface area contributed by atoms with Crippen LogP contribution in [0, 0.1) is 6.92 Å². The highest BCUT2D eigenvalue weighted by Gasteiger charge is 2.20. The number of aryl methyl sites for hydroxylation is 1. The Morgan fingerprint density at radius 2 is 1.97 bits per heavy atom. The Balaban J connectivity index is 1.90. The number of benzene rings is 1. The lowest BCUT2D eigenvalue weighted by Gasteiger charge is -2.15. The summed E-state index contributed by atoms with van der Waals surface area (Å²) >= 11 is 0. The normalized spacial score (nSPS) is 11.8. The first-order chi connectivity index (χ1) is 14.6. The average Bonchev–Trinajstić information content (AvgIpc) is 3.04. The van der Waals surface area contributed by atoms with Crippen LogP contribution in [0.15, 0.2) is 36.7 Å². The Kier molecular flexibility index (Phi) is 7.12. The summed E-state index contributed by atoms with van der Waals surface area (Å²) in [4.78, 5) is 22.0. The van der Waals surface area contributed by atoms with Crippen LogP contribution in [0.5, 0.6) is 11.6 Å². The van der Waals surface area contributed by atoms with E-state index in [1.54, 1.807) is 12.4 Å². The highest BCUT2D eigenvalue weighted by Crippen LogP contribution is 2.26. The van der Waals surface area contributed by atoms with Crippen LogP contribution in [-0.2, 0) is 11.5 Å². The molecule has 7 nitrogen and oxygen atoms in total. The molecule has 0 saturated heterocycles. The Morgan fingerprint density at radius 1 is 1.23 bits per heavy atom. The van der Waals surface area contributed by atoms with Crippen LogP contribution in [0.4, 0.5) is 0 Å². The average molecular weight is 441 g/mol. The third kappa shape index (κ3) is 6.14. The van der Waals surface area contributed by atoms with Crippen molar-refractivity contribution < 1.29 is 14.3 Å². The maximum absolute atomic E-state index is 12.8. The molecule has 0 aliphatic rings. The molecule has 0 aliphatic carbocycles. The minimum atomic E-state index is -1.17. The molecule has 2 aromatic heterocycles. The standard InChI is InChI=1S/C23H32N4O3Si/c1-16(2)25-23(28)18-14-27(15-29-11-12-31(4,5)6)22-21(18)26-20(13-24-22)30-19-10-8-7-9-17(19)3/h7-10,13-14,16H,11-12,15H2,1-6H3,(H,25,28). The number of fused-ring (bicyclic) bond motifs is 1. The number of para-hydroxylation sites is 1. The lowest BCUT2D eigenvalue weighted by Crippen LogP contribution is -2.30. The van der Waals surface area contributed by atoms with E-state index in [4.69, 9.17) is 9.47 Å². The van der Waals surface area contributed by atoms with Crippen molar-refractivity contribution in [2.45, 2.75) is 59.2 Å². The van der Waals surface area contributed by atoms with Gasteiger partial charge in [0.25, 0.3) is 5.91 Å². The first-order valence-electron chi connectivity index (χ1n) is 10.6. The predicted octanol–water partition coefficient (Wildman–Crippen LogP) is 4.98. The molecular formula is C23H32N4O3Si. The number of amides is 1. The molecule has 0 bridgehead atoms. The second-order valence-corrected chi connectivity index (χ2v) is 14.9. The van der Waals surface area contributed by atoms with Crippen LogP contribution in [0.1, 0.15) is 29.8 Å². The van der Waals surface area contributed by atoms with E-state index in [0.717, 1.165) is 11.6 Å². The number of carbonyl (C=O) groups is 1. The number of nitrogens with one attached hydrogen (secondary N) is 1. The number of ether oxygens (including phenoxy) is 2. The summed E-state index contributed by atoms with van der Waals surface area (Å²) < 4.78 is 13.7. The van der Waals surface area contributed by atoms with Crippen LogP contribution in [0.2, 0.25) is 25.7 Å². The molecule has 166 valence electrons. The Labute approximate surface area is 184 Å². The van der Waals surface area contributed by atoms with E-state index in [2.05, 4.69) is 34.9 Å². The van der Waals surface area contributed by atoms with Crippen molar-refractivity contribution in [3.63, 3.8) is 0 Å². The summed E-state index contributed by atoms with van der Waals surface area (Å²) in [6.45, 7) is 13.8. The van der Waals surface area contributed by atoms with Gasteiger partial charge in [0.05, 0.1) is 11.8 Å². The van der Waals surface area contributed by atoms with Gasteiger partial charge in [0.2, 0.25) is 5.88 Å². The maximum atomic E-state index is 12.8. The van der Waals surface area contributed by atoms with Gasteiger partial charge >= 0.3 is 0 Å². The third-order valence-corrected chi connectivity index (χ3v) is 6.45. The number of hydrogen-bond donors (Lipinski definition) is 1. The minimum Gasteiger partial charge on any atom is -0.437 e. The molecule has 0 atom stereocenters. The minimum absolute atomic E-state index is 0.0123. The van der Waals surface area contributed by atoms with Crippen molar-refractivity contribution in [1.82, 2.24) is 19.9 Å². The molecule has 1 N–H and O–H groups in total. The molecule has 3 aromatic rings. The number of rotatable bonds is 9. The maximum Gasteiger partial charge on any atom is 0.255 e. The molecule has 2 heterocycles. The van der Waals surface area contributed by atoms with Crippen LogP contribution < -0.4 is 10.1 Å². The fraction of sp³-hybridized carbons (Fsp3) is 0.435. The smallest absolute Gasteiger partial charge is 0.255 e. The molecular weight excluding hydrogens is 408 g/mol. The van der Waals surface area contributed by atoms with Crippen molar-refractivity contribution in [2.24, 2.45) is 0 Å². The summed E-state index contributed by atoms with van der Waals surface area (Å²) in [6, 6.07) is 8.80. The molecule has 0 radical (unpaired) electrons. The topological polar surface area (TPSA) is 78.3 Å². The molecule has 0 fully saturated rings. The van der Waals surface area contributed by atoms with E-state index in [1.807, 2.05) is 49.6 Å². The lowest BCUT2D eigenvalue weighted by atomic mass is 10.2. The first kappa shape index (κ1) is 23.0. The van der Waals surface area contributed by atoms with Crippen molar-refractivity contribution in [2.75, 3.05) is 6.61 Å². The van der Waals surface area contributed by atoms with Gasteiger partial charge in [0.1, 0.15) is 18.0 Å². The molecule has 0 saturated carbocycles. The van der Waals surface area contributed by atoms with Crippen LogP contribution in [0.25, 0.3) is 11.2 Å². The van der Waals surface area contributed by atoms with Crippen LogP contribution in [-0.4, -0.2) is 41.2 Å². The summed E-state index contributed by atoms with van der Waals surface area (Å²) in [7, 11) is -1.17. The number of hydrogen-bond acceptors (Lipinski definition) is 5. The van der Waals surface area contributed by atoms with Gasteiger partial charge in [-0.1, -0.05) is 37.8 Å². The summed E-state index contributed by atoms with van der Waals surface area (Å²) in [5, 5.41) is 2.93. The van der Waals surface area contributed by atoms with Gasteiger partial charge in [-0.2, -0.15) is 0 Å². The first-order valence-corrected chi connectivity index (χ1v) is 14.3.